The molecule has 6 heteroatoms. The van der Waals surface area contributed by atoms with Gasteiger partial charge in [-0.05, 0) is 12.1 Å². The monoisotopic (exact) mass is 241 g/mol. The first-order valence-electron chi connectivity index (χ1n) is 4.31. The molecule has 2 aromatic rings. The Morgan fingerprint density at radius 2 is 2.00 bits per heavy atom. The molecule has 0 spiro atoms. The Bertz CT molecular complexity index is 546. The van der Waals surface area contributed by atoms with Crippen LogP contribution in [0.1, 0.15) is 0 Å². The number of nitrogen functional groups attached to an aromatic ring is 1. The van der Waals surface area contributed by atoms with E-state index in [0.717, 1.165) is 0 Å². The van der Waals surface area contributed by atoms with Gasteiger partial charge in [-0.1, -0.05) is 11.6 Å². The van der Waals surface area contributed by atoms with E-state index < -0.39 is 11.8 Å². The molecule has 0 radical (unpaired) electrons. The lowest BCUT2D eigenvalue weighted by atomic mass is 10.1. The maximum Gasteiger partial charge on any atom is 0.220 e. The number of hydrogen-bond acceptors (Lipinski definition) is 3. The third-order valence-corrected chi connectivity index (χ3v) is 2.30. The van der Waals surface area contributed by atoms with Crippen molar-refractivity contribution in [3.8, 4) is 11.1 Å². The highest BCUT2D eigenvalue weighted by atomic mass is 35.5. The quantitative estimate of drug-likeness (QED) is 0.781. The normalized spacial score (nSPS) is 10.4. The van der Waals surface area contributed by atoms with Gasteiger partial charge in [-0.2, -0.15) is 4.39 Å². The van der Waals surface area contributed by atoms with Crippen molar-refractivity contribution in [1.82, 2.24) is 9.97 Å². The average molecular weight is 242 g/mol. The van der Waals surface area contributed by atoms with Crippen molar-refractivity contribution in [2.24, 2.45) is 0 Å². The first-order valence-corrected chi connectivity index (χ1v) is 4.69. The summed E-state index contributed by atoms with van der Waals surface area (Å²) in [5.74, 6) is -1.66. The van der Waals surface area contributed by atoms with E-state index in [1.54, 1.807) is 0 Å². The van der Waals surface area contributed by atoms with Crippen LogP contribution in [-0.2, 0) is 0 Å². The van der Waals surface area contributed by atoms with Crippen molar-refractivity contribution in [2.75, 3.05) is 5.73 Å². The van der Waals surface area contributed by atoms with Gasteiger partial charge in [0.05, 0.1) is 11.9 Å². The van der Waals surface area contributed by atoms with E-state index in [0.29, 0.717) is 0 Å². The molecule has 0 unspecified atom stereocenters. The fourth-order valence-corrected chi connectivity index (χ4v) is 1.47. The molecule has 0 aliphatic rings. The van der Waals surface area contributed by atoms with E-state index >= 15 is 0 Å². The van der Waals surface area contributed by atoms with Crippen molar-refractivity contribution < 1.29 is 8.78 Å². The number of rotatable bonds is 1. The van der Waals surface area contributed by atoms with Crippen molar-refractivity contribution in [1.29, 1.82) is 0 Å². The SMILES string of the molecule is Nc1cnc(Cl)c(F)c1-c1cccnc1F. The molecule has 2 heterocycles. The van der Waals surface area contributed by atoms with E-state index in [1.807, 2.05) is 0 Å². The second-order valence-electron chi connectivity index (χ2n) is 3.04. The Morgan fingerprint density at radius 1 is 1.25 bits per heavy atom. The van der Waals surface area contributed by atoms with Gasteiger partial charge >= 0.3 is 0 Å². The largest absolute Gasteiger partial charge is 0.397 e. The number of anilines is 1. The van der Waals surface area contributed by atoms with Gasteiger partial charge in [-0.3, -0.25) is 0 Å². The van der Waals surface area contributed by atoms with E-state index in [2.05, 4.69) is 9.97 Å². The lowest BCUT2D eigenvalue weighted by Gasteiger charge is -2.07. The van der Waals surface area contributed by atoms with Crippen LogP contribution in [0.5, 0.6) is 0 Å². The summed E-state index contributed by atoms with van der Waals surface area (Å²) in [6.07, 6.45) is 2.43. The Morgan fingerprint density at radius 3 is 2.69 bits per heavy atom. The maximum absolute atomic E-state index is 13.7. The molecule has 0 fully saturated rings. The van der Waals surface area contributed by atoms with Crippen LogP contribution in [0.3, 0.4) is 0 Å². The summed E-state index contributed by atoms with van der Waals surface area (Å²) in [7, 11) is 0. The first kappa shape index (κ1) is 10.8. The Balaban J connectivity index is 2.74. The zero-order chi connectivity index (χ0) is 11.7. The first-order chi connectivity index (χ1) is 7.61. The standard InChI is InChI=1S/C10H6ClF2N3/c11-9-8(12)7(6(14)4-16-9)5-2-1-3-15-10(5)13/h1-4H,14H2. The number of aromatic nitrogens is 2. The summed E-state index contributed by atoms with van der Waals surface area (Å²) < 4.78 is 27.0. The van der Waals surface area contributed by atoms with Gasteiger partial charge in [0.25, 0.3) is 0 Å². The molecule has 0 bridgehead atoms. The second-order valence-corrected chi connectivity index (χ2v) is 3.39. The zero-order valence-corrected chi connectivity index (χ0v) is 8.67. The molecule has 0 aliphatic carbocycles. The summed E-state index contributed by atoms with van der Waals surface area (Å²) in [4.78, 5) is 6.93. The number of hydrogen-bond donors (Lipinski definition) is 1. The molecule has 0 aromatic carbocycles. The van der Waals surface area contributed by atoms with E-state index in [4.69, 9.17) is 17.3 Å². The predicted octanol–water partition coefficient (Wildman–Crippen LogP) is 2.66. The molecule has 0 saturated carbocycles. The van der Waals surface area contributed by atoms with Crippen LogP contribution in [0, 0.1) is 11.8 Å². The summed E-state index contributed by atoms with van der Waals surface area (Å²) >= 11 is 5.50. The predicted molar refractivity (Wildman–Crippen MR) is 56.8 cm³/mol. The molecule has 0 aliphatic heterocycles. The summed E-state index contributed by atoms with van der Waals surface area (Å²) in [6, 6.07) is 2.85. The van der Waals surface area contributed by atoms with Gasteiger partial charge in [0.1, 0.15) is 0 Å². The number of nitrogens with zero attached hydrogens (tertiary/aromatic N) is 2. The average Bonchev–Trinajstić information content (AvgIpc) is 2.27. The molecule has 2 N–H and O–H groups in total. The van der Waals surface area contributed by atoms with E-state index in [9.17, 15) is 8.78 Å². The van der Waals surface area contributed by atoms with Crippen LogP contribution in [-0.4, -0.2) is 9.97 Å². The molecule has 2 rings (SSSR count). The third-order valence-electron chi connectivity index (χ3n) is 2.03. The Hall–Kier alpha value is -1.75. The molecule has 3 nitrogen and oxygen atoms in total. The van der Waals surface area contributed by atoms with Crippen LogP contribution in [0.2, 0.25) is 5.15 Å². The van der Waals surface area contributed by atoms with Crippen molar-refractivity contribution in [3.05, 3.63) is 41.4 Å². The molecular weight excluding hydrogens is 236 g/mol. The molecule has 0 atom stereocenters. The van der Waals surface area contributed by atoms with Crippen molar-refractivity contribution in [2.45, 2.75) is 0 Å². The minimum Gasteiger partial charge on any atom is -0.397 e. The number of halogens is 3. The topological polar surface area (TPSA) is 51.8 Å². The number of nitrogens with two attached hydrogens (primary N) is 1. The lowest BCUT2D eigenvalue weighted by molar-refractivity contribution is 0.582. The van der Waals surface area contributed by atoms with Gasteiger partial charge < -0.3 is 5.73 Å². The van der Waals surface area contributed by atoms with Gasteiger partial charge in [-0.25, -0.2) is 14.4 Å². The Kier molecular flexibility index (Phi) is 2.70. The highest BCUT2D eigenvalue weighted by molar-refractivity contribution is 6.30. The fraction of sp³-hybridized carbons (Fsp3) is 0. The van der Waals surface area contributed by atoms with Gasteiger partial charge in [-0.15, -0.1) is 0 Å². The Labute approximate surface area is 94.9 Å². The van der Waals surface area contributed by atoms with Crippen LogP contribution >= 0.6 is 11.6 Å². The van der Waals surface area contributed by atoms with Crippen LogP contribution < -0.4 is 5.73 Å². The summed E-state index contributed by atoms with van der Waals surface area (Å²) in [6.45, 7) is 0. The second kappa shape index (κ2) is 4.02. The summed E-state index contributed by atoms with van der Waals surface area (Å²) in [5, 5.41) is -0.354. The van der Waals surface area contributed by atoms with Gasteiger partial charge in [0, 0.05) is 17.3 Å². The van der Waals surface area contributed by atoms with Gasteiger partial charge in [0.15, 0.2) is 11.0 Å². The van der Waals surface area contributed by atoms with Crippen LogP contribution in [0.15, 0.2) is 24.5 Å². The van der Waals surface area contributed by atoms with Crippen LogP contribution in [0.4, 0.5) is 14.5 Å². The minimum absolute atomic E-state index is 0.00815. The fourth-order valence-electron chi connectivity index (χ4n) is 1.32. The van der Waals surface area contributed by atoms with E-state index in [1.165, 1.54) is 24.5 Å². The zero-order valence-electron chi connectivity index (χ0n) is 7.92. The lowest BCUT2D eigenvalue weighted by Crippen LogP contribution is -1.99. The van der Waals surface area contributed by atoms with Gasteiger partial charge in [0.2, 0.25) is 5.95 Å². The maximum atomic E-state index is 13.7. The van der Waals surface area contributed by atoms with E-state index in [-0.39, 0.29) is 22.0 Å². The van der Waals surface area contributed by atoms with Crippen molar-refractivity contribution in [3.63, 3.8) is 0 Å². The van der Waals surface area contributed by atoms with Crippen LogP contribution in [0.25, 0.3) is 11.1 Å². The molecule has 0 amide bonds. The van der Waals surface area contributed by atoms with Crippen molar-refractivity contribution >= 4 is 17.3 Å². The highest BCUT2D eigenvalue weighted by Crippen LogP contribution is 2.32. The summed E-state index contributed by atoms with van der Waals surface area (Å²) in [5.41, 5.74) is 5.38. The molecular formula is C10H6ClF2N3. The highest BCUT2D eigenvalue weighted by Gasteiger charge is 2.17. The minimum atomic E-state index is -0.853. The number of pyridine rings is 2. The molecule has 82 valence electrons. The molecule has 16 heavy (non-hydrogen) atoms. The third kappa shape index (κ3) is 1.69. The molecule has 2 aromatic heterocycles. The smallest absolute Gasteiger partial charge is 0.220 e. The molecule has 0 saturated heterocycles.